The summed E-state index contributed by atoms with van der Waals surface area (Å²) in [5.41, 5.74) is 1.44. The molecule has 4 rings (SSSR count). The average molecular weight is 330 g/mol. The average Bonchev–Trinajstić information content (AvgIpc) is 3.20. The van der Waals surface area contributed by atoms with Gasteiger partial charge in [-0.2, -0.15) is 0 Å². The summed E-state index contributed by atoms with van der Waals surface area (Å²) in [6.45, 7) is 3.38. The van der Waals surface area contributed by atoms with E-state index < -0.39 is 0 Å². The van der Waals surface area contributed by atoms with Crippen molar-refractivity contribution in [3.63, 3.8) is 0 Å². The maximum atomic E-state index is 12.5. The Balaban J connectivity index is 1.44. The minimum atomic E-state index is -0.0614. The van der Waals surface area contributed by atoms with Crippen molar-refractivity contribution in [1.29, 1.82) is 0 Å². The van der Waals surface area contributed by atoms with E-state index >= 15 is 0 Å². The Kier molecular flexibility index (Phi) is 3.82. The van der Waals surface area contributed by atoms with Gasteiger partial charge in [0, 0.05) is 36.6 Å². The maximum Gasteiger partial charge on any atom is 0.274 e. The molecule has 0 aromatic carbocycles. The van der Waals surface area contributed by atoms with E-state index in [2.05, 4.69) is 20.3 Å². The molecule has 23 heavy (non-hydrogen) atoms. The lowest BCUT2D eigenvalue weighted by atomic mass is 9.91. The van der Waals surface area contributed by atoms with E-state index in [1.165, 1.54) is 6.20 Å². The summed E-state index contributed by atoms with van der Waals surface area (Å²) in [5.74, 6) is 0.448. The third-order valence-electron chi connectivity index (χ3n) is 4.53. The van der Waals surface area contributed by atoms with Crippen LogP contribution in [0.15, 0.2) is 24.0 Å². The molecular formula is C16H18N4O2S. The molecule has 7 heteroatoms. The Morgan fingerprint density at radius 1 is 1.43 bits per heavy atom. The van der Waals surface area contributed by atoms with Gasteiger partial charge >= 0.3 is 0 Å². The third kappa shape index (κ3) is 2.86. The number of amides is 1. The lowest BCUT2D eigenvalue weighted by molar-refractivity contribution is -0.00468. The molecule has 0 spiro atoms. The van der Waals surface area contributed by atoms with Gasteiger partial charge in [0.2, 0.25) is 0 Å². The van der Waals surface area contributed by atoms with Crippen LogP contribution in [-0.2, 0) is 4.74 Å². The van der Waals surface area contributed by atoms with E-state index in [-0.39, 0.29) is 18.1 Å². The highest BCUT2D eigenvalue weighted by atomic mass is 32.1. The molecule has 1 amide bonds. The van der Waals surface area contributed by atoms with Crippen LogP contribution < -0.4 is 0 Å². The molecule has 2 fully saturated rings. The Hall–Kier alpha value is -1.86. The minimum Gasteiger partial charge on any atom is -0.366 e. The molecule has 0 radical (unpaired) electrons. The zero-order valence-electron chi connectivity index (χ0n) is 12.9. The number of hydrogen-bond donors (Lipinski definition) is 0. The summed E-state index contributed by atoms with van der Waals surface area (Å²) in [6, 6.07) is 0. The molecule has 2 aliphatic rings. The summed E-state index contributed by atoms with van der Waals surface area (Å²) in [6.07, 6.45) is 6.79. The van der Waals surface area contributed by atoms with E-state index in [4.69, 9.17) is 4.74 Å². The van der Waals surface area contributed by atoms with Crippen LogP contribution in [-0.4, -0.2) is 45.0 Å². The normalized spacial score (nSPS) is 27.0. The summed E-state index contributed by atoms with van der Waals surface area (Å²) in [7, 11) is 0. The highest BCUT2D eigenvalue weighted by Crippen LogP contribution is 2.41. The number of fused-ring (bicyclic) bond motifs is 1. The van der Waals surface area contributed by atoms with Crippen LogP contribution in [0.3, 0.4) is 0 Å². The number of nitrogens with zero attached hydrogens (tertiary/aromatic N) is 4. The Morgan fingerprint density at radius 3 is 3.09 bits per heavy atom. The summed E-state index contributed by atoms with van der Waals surface area (Å²) >= 11 is 1.66. The number of aromatic nitrogens is 3. The molecule has 120 valence electrons. The van der Waals surface area contributed by atoms with Crippen molar-refractivity contribution in [3.8, 4) is 0 Å². The Bertz CT molecular complexity index is 705. The van der Waals surface area contributed by atoms with E-state index in [9.17, 15) is 4.79 Å². The molecule has 2 aliphatic heterocycles. The van der Waals surface area contributed by atoms with Crippen LogP contribution in [0.25, 0.3) is 0 Å². The molecule has 0 bridgehead atoms. The second kappa shape index (κ2) is 5.98. The second-order valence-electron chi connectivity index (χ2n) is 6.12. The predicted octanol–water partition coefficient (Wildman–Crippen LogP) is 2.23. The van der Waals surface area contributed by atoms with Gasteiger partial charge in [-0.1, -0.05) is 0 Å². The number of rotatable bonds is 2. The monoisotopic (exact) mass is 330 g/mol. The fourth-order valence-electron chi connectivity index (χ4n) is 3.37. The van der Waals surface area contributed by atoms with Gasteiger partial charge in [-0.15, -0.1) is 11.3 Å². The third-order valence-corrected chi connectivity index (χ3v) is 5.59. The highest BCUT2D eigenvalue weighted by molar-refractivity contribution is 7.09. The lowest BCUT2D eigenvalue weighted by Crippen LogP contribution is -2.45. The van der Waals surface area contributed by atoms with Crippen molar-refractivity contribution in [2.45, 2.75) is 32.0 Å². The van der Waals surface area contributed by atoms with Crippen LogP contribution in [0.5, 0.6) is 0 Å². The number of ether oxygens (including phenoxy) is 1. The van der Waals surface area contributed by atoms with Gasteiger partial charge in [0.25, 0.3) is 5.91 Å². The van der Waals surface area contributed by atoms with E-state index in [0.717, 1.165) is 30.1 Å². The number of hydrogen-bond acceptors (Lipinski definition) is 6. The maximum absolute atomic E-state index is 12.5. The molecule has 3 atom stereocenters. The van der Waals surface area contributed by atoms with Crippen molar-refractivity contribution in [3.05, 3.63) is 40.4 Å². The SMILES string of the molecule is Cc1csc([C@H]2C[C@H]3CCN(C(=O)c4cnccn4)C[C@@H]3O2)n1. The molecule has 0 saturated carbocycles. The molecule has 0 aliphatic carbocycles. The first-order valence-corrected chi connectivity index (χ1v) is 8.71. The lowest BCUT2D eigenvalue weighted by Gasteiger charge is -2.33. The van der Waals surface area contributed by atoms with Crippen molar-refractivity contribution < 1.29 is 9.53 Å². The molecular weight excluding hydrogens is 312 g/mol. The molecule has 2 aromatic heterocycles. The van der Waals surface area contributed by atoms with Crippen molar-refractivity contribution >= 4 is 17.2 Å². The Morgan fingerprint density at radius 2 is 2.35 bits per heavy atom. The van der Waals surface area contributed by atoms with Gasteiger partial charge in [0.15, 0.2) is 0 Å². The van der Waals surface area contributed by atoms with Crippen LogP contribution >= 0.6 is 11.3 Å². The van der Waals surface area contributed by atoms with E-state index in [1.54, 1.807) is 23.7 Å². The fraction of sp³-hybridized carbons (Fsp3) is 0.500. The summed E-state index contributed by atoms with van der Waals surface area (Å²) < 4.78 is 6.20. The topological polar surface area (TPSA) is 68.2 Å². The molecule has 2 saturated heterocycles. The molecule has 2 aromatic rings. The standard InChI is InChI=1S/C16H18N4O2S/c1-10-9-23-15(19-10)13-6-11-2-5-20(8-14(11)22-13)16(21)12-7-17-3-4-18-12/h3-4,7,9,11,13-14H,2,5-6,8H2,1H3/t11-,13-,14+/m1/s1. The summed E-state index contributed by atoms with van der Waals surface area (Å²) in [4.78, 5) is 27.0. The smallest absolute Gasteiger partial charge is 0.274 e. The number of piperidine rings is 1. The second-order valence-corrected chi connectivity index (χ2v) is 7.01. The highest BCUT2D eigenvalue weighted by Gasteiger charge is 2.41. The van der Waals surface area contributed by atoms with Gasteiger partial charge in [-0.05, 0) is 25.7 Å². The van der Waals surface area contributed by atoms with Crippen molar-refractivity contribution in [1.82, 2.24) is 19.9 Å². The van der Waals surface area contributed by atoms with Gasteiger partial charge in [-0.25, -0.2) is 9.97 Å². The van der Waals surface area contributed by atoms with Gasteiger partial charge in [-0.3, -0.25) is 9.78 Å². The van der Waals surface area contributed by atoms with Crippen LogP contribution in [0, 0.1) is 12.8 Å². The largest absolute Gasteiger partial charge is 0.366 e. The fourth-order valence-corrected chi connectivity index (χ4v) is 4.21. The van der Waals surface area contributed by atoms with Crippen molar-refractivity contribution in [2.75, 3.05) is 13.1 Å². The van der Waals surface area contributed by atoms with Crippen LogP contribution in [0.1, 0.15) is 40.1 Å². The van der Waals surface area contributed by atoms with Gasteiger partial charge in [0.05, 0.1) is 12.3 Å². The number of likely N-dealkylation sites (tertiary alicyclic amines) is 1. The molecule has 4 heterocycles. The van der Waals surface area contributed by atoms with Crippen molar-refractivity contribution in [2.24, 2.45) is 5.92 Å². The molecule has 0 N–H and O–H groups in total. The molecule has 6 nitrogen and oxygen atoms in total. The summed E-state index contributed by atoms with van der Waals surface area (Å²) in [5, 5.41) is 3.12. The predicted molar refractivity (Wildman–Crippen MR) is 85.1 cm³/mol. The number of carbonyl (C=O) groups excluding carboxylic acids is 1. The van der Waals surface area contributed by atoms with Crippen LogP contribution in [0.2, 0.25) is 0 Å². The number of aryl methyl sites for hydroxylation is 1. The first-order valence-electron chi connectivity index (χ1n) is 7.83. The number of thiazole rings is 1. The van der Waals surface area contributed by atoms with E-state index in [1.807, 2.05) is 11.8 Å². The van der Waals surface area contributed by atoms with Gasteiger partial charge < -0.3 is 9.64 Å². The van der Waals surface area contributed by atoms with Crippen LogP contribution in [0.4, 0.5) is 0 Å². The minimum absolute atomic E-state index is 0.0614. The molecule has 0 unspecified atom stereocenters. The first-order chi connectivity index (χ1) is 11.2. The zero-order chi connectivity index (χ0) is 15.8. The van der Waals surface area contributed by atoms with E-state index in [0.29, 0.717) is 18.2 Å². The Labute approximate surface area is 138 Å². The zero-order valence-corrected chi connectivity index (χ0v) is 13.7. The quantitative estimate of drug-likeness (QED) is 0.845. The van der Waals surface area contributed by atoms with Gasteiger partial charge in [0.1, 0.15) is 16.8 Å². The number of carbonyl (C=O) groups is 1. The first kappa shape index (κ1) is 14.7.